The van der Waals surface area contributed by atoms with Gasteiger partial charge in [-0.15, -0.1) is 0 Å². The van der Waals surface area contributed by atoms with Gasteiger partial charge in [0.05, 0.1) is 13.0 Å². The smallest absolute Gasteiger partial charge is 0.224 e. The normalized spacial score (nSPS) is 18.7. The minimum absolute atomic E-state index is 0.0789. The van der Waals surface area contributed by atoms with Crippen LogP contribution in [0.2, 0.25) is 5.02 Å². The van der Waals surface area contributed by atoms with Gasteiger partial charge < -0.3 is 15.4 Å². The number of hydrogen-bond donors (Lipinski definition) is 2. The van der Waals surface area contributed by atoms with Crippen molar-refractivity contribution in [2.24, 2.45) is 5.92 Å². The maximum atomic E-state index is 11.9. The molecule has 1 aliphatic heterocycles. The molecule has 0 saturated carbocycles. The maximum absolute atomic E-state index is 11.9. The third kappa shape index (κ3) is 3.15. The van der Waals surface area contributed by atoms with E-state index in [2.05, 4.69) is 10.6 Å². The fraction of sp³-hybridized carbons (Fsp3) is 0.462. The summed E-state index contributed by atoms with van der Waals surface area (Å²) in [6.45, 7) is 2.12. The molecule has 1 aromatic rings. The molecule has 2 rings (SSSR count). The second-order valence-electron chi connectivity index (χ2n) is 4.36. The third-order valence-corrected chi connectivity index (χ3v) is 3.36. The molecular formula is C13H17ClN2O2. The molecule has 1 atom stereocenters. The predicted octanol–water partition coefficient (Wildman–Crippen LogP) is 1.57. The van der Waals surface area contributed by atoms with E-state index in [1.54, 1.807) is 19.2 Å². The average Bonchev–Trinajstić information content (AvgIpc) is 2.90. The standard InChI is InChI=1S/C13H17ClN2O2/c1-18-12-3-2-11(14)6-10(12)8-16-13(17)9-4-5-15-7-9/h2-3,6,9,15H,4-5,7-8H2,1H3,(H,16,17). The minimum atomic E-state index is 0.0789. The van der Waals surface area contributed by atoms with Gasteiger partial charge >= 0.3 is 0 Å². The lowest BCUT2D eigenvalue weighted by atomic mass is 10.1. The van der Waals surface area contributed by atoms with E-state index in [1.165, 1.54) is 0 Å². The van der Waals surface area contributed by atoms with Crippen LogP contribution in [0.4, 0.5) is 0 Å². The Morgan fingerprint density at radius 1 is 1.61 bits per heavy atom. The summed E-state index contributed by atoms with van der Waals surface area (Å²) >= 11 is 5.94. The fourth-order valence-corrected chi connectivity index (χ4v) is 2.29. The minimum Gasteiger partial charge on any atom is -0.496 e. The van der Waals surface area contributed by atoms with Crippen molar-refractivity contribution in [3.05, 3.63) is 28.8 Å². The summed E-state index contributed by atoms with van der Waals surface area (Å²) in [5, 5.41) is 6.74. The van der Waals surface area contributed by atoms with Crippen molar-refractivity contribution in [2.45, 2.75) is 13.0 Å². The zero-order valence-electron chi connectivity index (χ0n) is 10.3. The monoisotopic (exact) mass is 268 g/mol. The highest BCUT2D eigenvalue weighted by Crippen LogP contribution is 2.22. The van der Waals surface area contributed by atoms with Crippen LogP contribution in [0.25, 0.3) is 0 Å². The molecule has 1 amide bonds. The number of benzene rings is 1. The van der Waals surface area contributed by atoms with E-state index >= 15 is 0 Å². The molecule has 1 aliphatic rings. The quantitative estimate of drug-likeness (QED) is 0.872. The molecular weight excluding hydrogens is 252 g/mol. The van der Waals surface area contributed by atoms with Gasteiger partial charge in [0.15, 0.2) is 0 Å². The molecule has 1 fully saturated rings. The number of carbonyl (C=O) groups is 1. The summed E-state index contributed by atoms with van der Waals surface area (Å²) in [5.41, 5.74) is 0.893. The first kappa shape index (κ1) is 13.2. The molecule has 0 radical (unpaired) electrons. The van der Waals surface area contributed by atoms with E-state index in [1.807, 2.05) is 6.07 Å². The van der Waals surface area contributed by atoms with Crippen LogP contribution in [0.5, 0.6) is 5.75 Å². The van der Waals surface area contributed by atoms with Crippen molar-refractivity contribution in [2.75, 3.05) is 20.2 Å². The molecule has 4 nitrogen and oxygen atoms in total. The topological polar surface area (TPSA) is 50.4 Å². The van der Waals surface area contributed by atoms with Gasteiger partial charge in [-0.25, -0.2) is 0 Å². The Balaban J connectivity index is 1.96. The van der Waals surface area contributed by atoms with Gasteiger partial charge in [-0.3, -0.25) is 4.79 Å². The third-order valence-electron chi connectivity index (χ3n) is 3.13. The summed E-state index contributed by atoms with van der Waals surface area (Å²) in [7, 11) is 1.61. The van der Waals surface area contributed by atoms with Crippen molar-refractivity contribution < 1.29 is 9.53 Å². The van der Waals surface area contributed by atoms with Gasteiger partial charge in [-0.05, 0) is 31.2 Å². The molecule has 1 heterocycles. The number of methoxy groups -OCH3 is 1. The first-order valence-corrected chi connectivity index (χ1v) is 6.39. The van der Waals surface area contributed by atoms with Crippen LogP contribution in [-0.2, 0) is 11.3 Å². The SMILES string of the molecule is COc1ccc(Cl)cc1CNC(=O)C1CCNC1. The Kier molecular flexibility index (Phi) is 4.44. The molecule has 1 saturated heterocycles. The molecule has 1 unspecified atom stereocenters. The Bertz CT molecular complexity index is 431. The number of ether oxygens (including phenoxy) is 1. The van der Waals surface area contributed by atoms with E-state index in [0.717, 1.165) is 30.8 Å². The second-order valence-corrected chi connectivity index (χ2v) is 4.80. The molecule has 0 aliphatic carbocycles. The summed E-state index contributed by atoms with van der Waals surface area (Å²) in [6, 6.07) is 5.39. The van der Waals surface area contributed by atoms with Crippen LogP contribution in [0.1, 0.15) is 12.0 Å². The Morgan fingerprint density at radius 3 is 3.11 bits per heavy atom. The van der Waals surface area contributed by atoms with E-state index in [0.29, 0.717) is 11.6 Å². The van der Waals surface area contributed by atoms with Crippen LogP contribution in [-0.4, -0.2) is 26.1 Å². The lowest BCUT2D eigenvalue weighted by Gasteiger charge is -2.12. The zero-order valence-corrected chi connectivity index (χ0v) is 11.1. The van der Waals surface area contributed by atoms with Crippen LogP contribution < -0.4 is 15.4 Å². The average molecular weight is 269 g/mol. The van der Waals surface area contributed by atoms with Gasteiger partial charge in [-0.1, -0.05) is 11.6 Å². The highest BCUT2D eigenvalue weighted by Gasteiger charge is 2.22. The summed E-state index contributed by atoms with van der Waals surface area (Å²) in [6.07, 6.45) is 0.901. The van der Waals surface area contributed by atoms with Crippen LogP contribution in [0.15, 0.2) is 18.2 Å². The summed E-state index contributed by atoms with van der Waals surface area (Å²) in [5.74, 6) is 0.904. The van der Waals surface area contributed by atoms with Crippen molar-refractivity contribution in [1.82, 2.24) is 10.6 Å². The molecule has 0 spiro atoms. The molecule has 2 N–H and O–H groups in total. The highest BCUT2D eigenvalue weighted by molar-refractivity contribution is 6.30. The molecule has 1 aromatic carbocycles. The van der Waals surface area contributed by atoms with E-state index < -0.39 is 0 Å². The second kappa shape index (κ2) is 6.07. The lowest BCUT2D eigenvalue weighted by Crippen LogP contribution is -2.31. The zero-order chi connectivity index (χ0) is 13.0. The highest BCUT2D eigenvalue weighted by atomic mass is 35.5. The number of amides is 1. The van der Waals surface area contributed by atoms with Gasteiger partial charge in [0, 0.05) is 23.7 Å². The first-order valence-electron chi connectivity index (χ1n) is 6.01. The Morgan fingerprint density at radius 2 is 2.44 bits per heavy atom. The summed E-state index contributed by atoms with van der Waals surface area (Å²) in [4.78, 5) is 11.9. The maximum Gasteiger partial charge on any atom is 0.224 e. The van der Waals surface area contributed by atoms with Crippen molar-refractivity contribution >= 4 is 17.5 Å². The van der Waals surface area contributed by atoms with E-state index in [9.17, 15) is 4.79 Å². The van der Waals surface area contributed by atoms with E-state index in [-0.39, 0.29) is 11.8 Å². The molecule has 5 heteroatoms. The summed E-state index contributed by atoms with van der Waals surface area (Å²) < 4.78 is 5.24. The molecule has 98 valence electrons. The molecule has 0 bridgehead atoms. The fourth-order valence-electron chi connectivity index (χ4n) is 2.09. The van der Waals surface area contributed by atoms with Gasteiger partial charge in [-0.2, -0.15) is 0 Å². The van der Waals surface area contributed by atoms with Gasteiger partial charge in [0.2, 0.25) is 5.91 Å². The Hall–Kier alpha value is -1.26. The number of carbonyl (C=O) groups excluding carboxylic acids is 1. The predicted molar refractivity (Wildman–Crippen MR) is 70.8 cm³/mol. The largest absolute Gasteiger partial charge is 0.496 e. The van der Waals surface area contributed by atoms with E-state index in [4.69, 9.17) is 16.3 Å². The van der Waals surface area contributed by atoms with Crippen LogP contribution >= 0.6 is 11.6 Å². The number of nitrogens with one attached hydrogen (secondary N) is 2. The van der Waals surface area contributed by atoms with Crippen molar-refractivity contribution in [3.8, 4) is 5.75 Å². The number of hydrogen-bond acceptors (Lipinski definition) is 3. The number of halogens is 1. The molecule has 18 heavy (non-hydrogen) atoms. The van der Waals surface area contributed by atoms with Gasteiger partial charge in [0.25, 0.3) is 0 Å². The van der Waals surface area contributed by atoms with Gasteiger partial charge in [0.1, 0.15) is 5.75 Å². The Labute approximate surface area is 112 Å². The number of rotatable bonds is 4. The van der Waals surface area contributed by atoms with Crippen molar-refractivity contribution in [1.29, 1.82) is 0 Å². The van der Waals surface area contributed by atoms with Crippen LogP contribution in [0, 0.1) is 5.92 Å². The molecule has 0 aromatic heterocycles. The first-order chi connectivity index (χ1) is 8.70. The lowest BCUT2D eigenvalue weighted by molar-refractivity contribution is -0.124. The van der Waals surface area contributed by atoms with Crippen LogP contribution in [0.3, 0.4) is 0 Å². The van der Waals surface area contributed by atoms with Crippen molar-refractivity contribution in [3.63, 3.8) is 0 Å².